The van der Waals surface area contributed by atoms with Gasteiger partial charge in [0.25, 0.3) is 0 Å². The van der Waals surface area contributed by atoms with E-state index in [2.05, 4.69) is 4.57 Å². The monoisotopic (exact) mass is 226 g/mol. The minimum atomic E-state index is 0.745. The van der Waals surface area contributed by atoms with Crippen molar-refractivity contribution < 1.29 is 4.73 Å². The summed E-state index contributed by atoms with van der Waals surface area (Å²) in [5.74, 6) is 0. The minimum absolute atomic E-state index is 0.745. The van der Waals surface area contributed by atoms with Gasteiger partial charge in [0.1, 0.15) is 0 Å². The molecule has 0 aliphatic heterocycles. The Morgan fingerprint density at radius 1 is 1.18 bits per heavy atom. The predicted octanol–water partition coefficient (Wildman–Crippen LogP) is 2.53. The van der Waals surface area contributed by atoms with Crippen LogP contribution in [-0.4, -0.2) is 4.57 Å². The number of aromatic nitrogens is 2. The van der Waals surface area contributed by atoms with E-state index in [0.717, 1.165) is 38.7 Å². The SMILES string of the molecule is CCc1c2ccn(C)c2c2ccccc2[n+]1[O-]. The van der Waals surface area contributed by atoms with Crippen LogP contribution in [0.2, 0.25) is 0 Å². The minimum Gasteiger partial charge on any atom is -0.618 e. The standard InChI is InChI=1S/C14H14N2O/c1-3-12-11-8-9-15(2)14(11)10-6-4-5-7-13(10)16(12)17/h4-9H,3H2,1-2H3. The summed E-state index contributed by atoms with van der Waals surface area (Å²) < 4.78 is 3.15. The summed E-state index contributed by atoms with van der Waals surface area (Å²) in [6.07, 6.45) is 2.76. The van der Waals surface area contributed by atoms with E-state index in [9.17, 15) is 5.21 Å². The van der Waals surface area contributed by atoms with Gasteiger partial charge in [-0.1, -0.05) is 19.1 Å². The van der Waals surface area contributed by atoms with E-state index in [-0.39, 0.29) is 0 Å². The van der Waals surface area contributed by atoms with E-state index in [1.165, 1.54) is 0 Å². The first-order valence-corrected chi connectivity index (χ1v) is 5.82. The molecule has 3 heteroatoms. The molecule has 0 N–H and O–H groups in total. The summed E-state index contributed by atoms with van der Waals surface area (Å²) in [6, 6.07) is 9.79. The Kier molecular flexibility index (Phi) is 2.08. The molecule has 0 fully saturated rings. The fourth-order valence-electron chi connectivity index (χ4n) is 2.54. The second kappa shape index (κ2) is 3.48. The zero-order valence-electron chi connectivity index (χ0n) is 9.97. The molecule has 0 bridgehead atoms. The number of benzene rings is 1. The second-order valence-corrected chi connectivity index (χ2v) is 4.30. The zero-order chi connectivity index (χ0) is 12.0. The maximum absolute atomic E-state index is 12.3. The summed E-state index contributed by atoms with van der Waals surface area (Å²) in [4.78, 5) is 0. The molecule has 3 aromatic rings. The number of hydrogen-bond donors (Lipinski definition) is 0. The highest BCUT2D eigenvalue weighted by Gasteiger charge is 2.17. The van der Waals surface area contributed by atoms with Crippen molar-refractivity contribution >= 4 is 21.8 Å². The molecular weight excluding hydrogens is 212 g/mol. The third-order valence-electron chi connectivity index (χ3n) is 3.34. The summed E-state index contributed by atoms with van der Waals surface area (Å²) in [7, 11) is 2.02. The van der Waals surface area contributed by atoms with Gasteiger partial charge in [-0.3, -0.25) is 0 Å². The van der Waals surface area contributed by atoms with Gasteiger partial charge >= 0.3 is 0 Å². The molecule has 2 aromatic heterocycles. The van der Waals surface area contributed by atoms with Crippen molar-refractivity contribution in [3.63, 3.8) is 0 Å². The molecule has 0 atom stereocenters. The molecule has 0 radical (unpaired) electrons. The molecule has 0 saturated heterocycles. The van der Waals surface area contributed by atoms with Gasteiger partial charge < -0.3 is 9.77 Å². The van der Waals surface area contributed by atoms with Crippen LogP contribution in [0.5, 0.6) is 0 Å². The lowest BCUT2D eigenvalue weighted by Gasteiger charge is -2.09. The maximum atomic E-state index is 12.3. The average Bonchev–Trinajstić information content (AvgIpc) is 2.73. The first-order chi connectivity index (χ1) is 8.24. The molecule has 3 nitrogen and oxygen atoms in total. The lowest BCUT2D eigenvalue weighted by atomic mass is 10.1. The molecule has 0 aliphatic carbocycles. The van der Waals surface area contributed by atoms with Crippen molar-refractivity contribution in [2.45, 2.75) is 13.3 Å². The van der Waals surface area contributed by atoms with Crippen LogP contribution >= 0.6 is 0 Å². The van der Waals surface area contributed by atoms with E-state index < -0.39 is 0 Å². The number of fused-ring (bicyclic) bond motifs is 3. The number of aryl methyl sites for hydroxylation is 2. The van der Waals surface area contributed by atoms with Gasteiger partial charge in [0.2, 0.25) is 11.2 Å². The number of pyridine rings is 1. The predicted molar refractivity (Wildman–Crippen MR) is 68.8 cm³/mol. The van der Waals surface area contributed by atoms with Gasteiger partial charge in [-0.15, -0.1) is 0 Å². The van der Waals surface area contributed by atoms with Gasteiger partial charge in [-0.05, 0) is 12.1 Å². The van der Waals surface area contributed by atoms with Crippen molar-refractivity contribution in [2.75, 3.05) is 0 Å². The number of hydrogen-bond acceptors (Lipinski definition) is 1. The van der Waals surface area contributed by atoms with Gasteiger partial charge in [0, 0.05) is 25.7 Å². The van der Waals surface area contributed by atoms with Crippen LogP contribution in [0.25, 0.3) is 21.8 Å². The zero-order valence-corrected chi connectivity index (χ0v) is 9.97. The fraction of sp³-hybridized carbons (Fsp3) is 0.214. The van der Waals surface area contributed by atoms with Crippen LogP contribution in [0.3, 0.4) is 0 Å². The first-order valence-electron chi connectivity index (χ1n) is 5.82. The van der Waals surface area contributed by atoms with Crippen LogP contribution < -0.4 is 4.73 Å². The highest BCUT2D eigenvalue weighted by Crippen LogP contribution is 2.25. The molecule has 1 aromatic carbocycles. The Morgan fingerprint density at radius 2 is 1.94 bits per heavy atom. The topological polar surface area (TPSA) is 31.9 Å². The van der Waals surface area contributed by atoms with E-state index in [1.807, 2.05) is 50.5 Å². The van der Waals surface area contributed by atoms with E-state index in [0.29, 0.717) is 0 Å². The van der Waals surface area contributed by atoms with E-state index >= 15 is 0 Å². The number of para-hydroxylation sites is 1. The van der Waals surface area contributed by atoms with Crippen LogP contribution in [0.15, 0.2) is 36.5 Å². The highest BCUT2D eigenvalue weighted by molar-refractivity contribution is 6.03. The molecule has 2 heterocycles. The van der Waals surface area contributed by atoms with E-state index in [4.69, 9.17) is 0 Å². The van der Waals surface area contributed by atoms with Crippen LogP contribution in [0, 0.1) is 5.21 Å². The molecule has 17 heavy (non-hydrogen) atoms. The van der Waals surface area contributed by atoms with Crippen molar-refractivity contribution in [1.82, 2.24) is 4.57 Å². The smallest absolute Gasteiger partial charge is 0.226 e. The summed E-state index contributed by atoms with van der Waals surface area (Å²) in [6.45, 7) is 2.02. The Hall–Kier alpha value is -2.03. The van der Waals surface area contributed by atoms with Crippen LogP contribution in [-0.2, 0) is 13.5 Å². The summed E-state index contributed by atoms with van der Waals surface area (Å²) in [5, 5.41) is 14.4. The average molecular weight is 226 g/mol. The Labute approximate surface area is 99.5 Å². The molecule has 3 rings (SSSR count). The lowest BCUT2D eigenvalue weighted by molar-refractivity contribution is -0.584. The molecule has 0 aliphatic rings. The van der Waals surface area contributed by atoms with Crippen molar-refractivity contribution in [3.05, 3.63) is 47.4 Å². The molecule has 0 amide bonds. The largest absolute Gasteiger partial charge is 0.618 e. The normalized spacial score (nSPS) is 11.4. The molecule has 86 valence electrons. The Morgan fingerprint density at radius 3 is 2.71 bits per heavy atom. The van der Waals surface area contributed by atoms with Gasteiger partial charge in [-0.25, -0.2) is 0 Å². The Balaban J connectivity index is 2.66. The molecule has 0 saturated carbocycles. The first kappa shape index (κ1) is 10.1. The molecule has 0 spiro atoms. The van der Waals surface area contributed by atoms with Gasteiger partial charge in [0.05, 0.1) is 16.3 Å². The maximum Gasteiger partial charge on any atom is 0.226 e. The van der Waals surface area contributed by atoms with Crippen molar-refractivity contribution in [3.8, 4) is 0 Å². The second-order valence-electron chi connectivity index (χ2n) is 4.30. The third-order valence-corrected chi connectivity index (χ3v) is 3.34. The Bertz CT molecular complexity index is 713. The number of rotatable bonds is 1. The molecule has 0 unspecified atom stereocenters. The van der Waals surface area contributed by atoms with Crippen LogP contribution in [0.1, 0.15) is 12.6 Å². The summed E-state index contributed by atoms with van der Waals surface area (Å²) in [5.41, 5.74) is 2.74. The van der Waals surface area contributed by atoms with Gasteiger partial charge in [-0.2, -0.15) is 4.73 Å². The third kappa shape index (κ3) is 1.25. The fourth-order valence-corrected chi connectivity index (χ4v) is 2.54. The van der Waals surface area contributed by atoms with Crippen molar-refractivity contribution in [2.24, 2.45) is 7.05 Å². The highest BCUT2D eigenvalue weighted by atomic mass is 16.5. The van der Waals surface area contributed by atoms with Crippen molar-refractivity contribution in [1.29, 1.82) is 0 Å². The summed E-state index contributed by atoms with van der Waals surface area (Å²) >= 11 is 0. The van der Waals surface area contributed by atoms with Gasteiger partial charge in [0.15, 0.2) is 0 Å². The quantitative estimate of drug-likeness (QED) is 0.463. The number of nitrogens with zero attached hydrogens (tertiary/aromatic N) is 2. The molecular formula is C14H14N2O. The van der Waals surface area contributed by atoms with Crippen LogP contribution in [0.4, 0.5) is 0 Å². The van der Waals surface area contributed by atoms with E-state index in [1.54, 1.807) is 0 Å². The lowest BCUT2D eigenvalue weighted by Crippen LogP contribution is -2.32.